The number of carbonyl (C=O) groups is 2. The maximum Gasteiger partial charge on any atom is 0.418 e. The van der Waals surface area contributed by atoms with Crippen molar-refractivity contribution in [2.75, 3.05) is 11.9 Å². The number of anilines is 1. The Hall–Kier alpha value is -3.64. The molecule has 8 nitrogen and oxygen atoms in total. The molecule has 178 valence electrons. The van der Waals surface area contributed by atoms with E-state index in [1.54, 1.807) is 24.5 Å². The maximum absolute atomic E-state index is 13.3. The van der Waals surface area contributed by atoms with Gasteiger partial charge in [0.25, 0.3) is 0 Å². The fourth-order valence-electron chi connectivity index (χ4n) is 4.42. The highest BCUT2D eigenvalue weighted by atomic mass is 19.4. The second-order valence-electron chi connectivity index (χ2n) is 8.18. The van der Waals surface area contributed by atoms with E-state index in [4.69, 9.17) is 0 Å². The molecule has 0 saturated carbocycles. The predicted octanol–water partition coefficient (Wildman–Crippen LogP) is 3.16. The third-order valence-electron chi connectivity index (χ3n) is 6.01. The molecule has 0 aromatic heterocycles. The van der Waals surface area contributed by atoms with Gasteiger partial charge in [-0.25, -0.2) is 25.0 Å². The first kappa shape index (κ1) is 22.2. The summed E-state index contributed by atoms with van der Waals surface area (Å²) in [6, 6.07) is 9.99. The molecule has 0 bridgehead atoms. The average molecular weight is 476 g/mol. The summed E-state index contributed by atoms with van der Waals surface area (Å²) in [7, 11) is 0. The van der Waals surface area contributed by atoms with Crippen LogP contribution in [0.15, 0.2) is 60.9 Å². The second kappa shape index (κ2) is 8.29. The van der Waals surface area contributed by atoms with E-state index in [9.17, 15) is 27.2 Å². The number of nitrogens with zero attached hydrogens (tertiary/aromatic N) is 3. The fraction of sp³-hybridized carbons (Fsp3) is 0.273. The van der Waals surface area contributed by atoms with Gasteiger partial charge in [-0.2, -0.15) is 13.2 Å². The van der Waals surface area contributed by atoms with Crippen molar-refractivity contribution in [3.63, 3.8) is 0 Å². The van der Waals surface area contributed by atoms with Gasteiger partial charge in [-0.1, -0.05) is 24.3 Å². The quantitative estimate of drug-likeness (QED) is 0.591. The number of para-hydroxylation sites is 1. The van der Waals surface area contributed by atoms with Gasteiger partial charge >= 0.3 is 12.2 Å². The number of hydrogen-bond donors (Lipinski definition) is 3. The number of hydrazine groups is 2. The van der Waals surface area contributed by atoms with E-state index >= 15 is 0 Å². The summed E-state index contributed by atoms with van der Waals surface area (Å²) >= 11 is 0. The molecule has 2 aromatic carbocycles. The van der Waals surface area contributed by atoms with Crippen molar-refractivity contribution >= 4 is 17.6 Å². The van der Waals surface area contributed by atoms with Gasteiger partial charge in [-0.15, -0.1) is 0 Å². The first-order chi connectivity index (χ1) is 16.2. The average Bonchev–Trinajstić information content (AvgIpc) is 3.35. The minimum Gasteiger partial charge on any atom is -0.324 e. The van der Waals surface area contributed by atoms with Gasteiger partial charge in [-0.05, 0) is 36.2 Å². The van der Waals surface area contributed by atoms with Crippen LogP contribution >= 0.6 is 0 Å². The summed E-state index contributed by atoms with van der Waals surface area (Å²) in [6.07, 6.45) is -1.26. The second-order valence-corrected chi connectivity index (χ2v) is 8.18. The maximum atomic E-state index is 13.3. The molecule has 34 heavy (non-hydrogen) atoms. The lowest BCUT2D eigenvalue weighted by Gasteiger charge is -2.34. The first-order valence-corrected chi connectivity index (χ1v) is 10.5. The van der Waals surface area contributed by atoms with Crippen LogP contribution in [0, 0.1) is 5.82 Å². The van der Waals surface area contributed by atoms with Crippen molar-refractivity contribution in [2.45, 2.75) is 30.8 Å². The molecule has 12 heteroatoms. The molecule has 2 saturated heterocycles. The van der Waals surface area contributed by atoms with Crippen LogP contribution in [0.25, 0.3) is 0 Å². The topological polar surface area (TPSA) is 80.0 Å². The number of nitrogens with one attached hydrogen (secondary N) is 3. The molecule has 3 aliphatic heterocycles. The number of urea groups is 1. The molecule has 2 fully saturated rings. The highest BCUT2D eigenvalue weighted by molar-refractivity contribution is 5.95. The number of carbonyl (C=O) groups excluding carboxylic acids is 2. The standard InChI is InChI=1S/C22H20F4N6O2/c23-14-7-5-13(6-8-14)17-11-18-20-29-32(21(34)30(20)9-10-31(18)28-17)12-19(33)27-16-4-2-1-3-15(16)22(24,25)26/h1-10,17-18,20,28-29H,11-12H2,(H,27,33). The number of hydrogen-bond acceptors (Lipinski definition) is 5. The molecule has 0 spiro atoms. The van der Waals surface area contributed by atoms with Crippen LogP contribution in [0.1, 0.15) is 23.6 Å². The third-order valence-corrected chi connectivity index (χ3v) is 6.01. The Labute approximate surface area is 191 Å². The van der Waals surface area contributed by atoms with E-state index < -0.39 is 36.4 Å². The Kier molecular flexibility index (Phi) is 5.41. The van der Waals surface area contributed by atoms with Gasteiger partial charge in [0.2, 0.25) is 5.91 Å². The Morgan fingerprint density at radius 2 is 1.79 bits per heavy atom. The van der Waals surface area contributed by atoms with Crippen LogP contribution < -0.4 is 16.2 Å². The lowest BCUT2D eigenvalue weighted by Crippen LogP contribution is -2.54. The first-order valence-electron chi connectivity index (χ1n) is 10.5. The molecular weight excluding hydrogens is 456 g/mol. The lowest BCUT2D eigenvalue weighted by atomic mass is 10.00. The number of rotatable bonds is 4. The monoisotopic (exact) mass is 476 g/mol. The molecular formula is C22H20F4N6O2. The summed E-state index contributed by atoms with van der Waals surface area (Å²) in [6.45, 7) is -0.479. The van der Waals surface area contributed by atoms with Gasteiger partial charge in [0, 0.05) is 12.4 Å². The van der Waals surface area contributed by atoms with E-state index in [-0.39, 0.29) is 23.6 Å². The van der Waals surface area contributed by atoms with Crippen LogP contribution in [-0.2, 0) is 11.0 Å². The van der Waals surface area contributed by atoms with Crippen LogP contribution in [0.4, 0.5) is 28.0 Å². The van der Waals surface area contributed by atoms with Crippen LogP contribution in [0.2, 0.25) is 0 Å². The van der Waals surface area contributed by atoms with E-state index in [2.05, 4.69) is 16.2 Å². The molecule has 0 aliphatic carbocycles. The Morgan fingerprint density at radius 3 is 2.53 bits per heavy atom. The van der Waals surface area contributed by atoms with E-state index in [0.717, 1.165) is 22.7 Å². The molecule has 3 amide bonds. The summed E-state index contributed by atoms with van der Waals surface area (Å²) in [5.41, 5.74) is 5.84. The molecule has 3 unspecified atom stereocenters. The third kappa shape index (κ3) is 4.05. The molecule has 3 N–H and O–H groups in total. The Morgan fingerprint density at radius 1 is 1.06 bits per heavy atom. The largest absolute Gasteiger partial charge is 0.418 e. The fourth-order valence-corrected chi connectivity index (χ4v) is 4.42. The summed E-state index contributed by atoms with van der Waals surface area (Å²) in [5, 5.41) is 5.17. The molecule has 0 radical (unpaired) electrons. The minimum atomic E-state index is -4.63. The van der Waals surface area contributed by atoms with E-state index in [0.29, 0.717) is 6.42 Å². The van der Waals surface area contributed by atoms with Crippen molar-refractivity contribution in [1.82, 2.24) is 25.8 Å². The van der Waals surface area contributed by atoms with Crippen LogP contribution in [0.3, 0.4) is 0 Å². The SMILES string of the molecule is O=C(CN1NC2C3CC(c4ccc(F)cc4)NN3C=CN2C1=O)Nc1ccccc1C(F)(F)F. The normalized spacial score (nSPS) is 23.8. The Bertz CT molecular complexity index is 1140. The zero-order chi connectivity index (χ0) is 24.0. The van der Waals surface area contributed by atoms with Crippen molar-refractivity contribution in [3.8, 4) is 0 Å². The molecule has 5 rings (SSSR count). The number of halogens is 4. The lowest BCUT2D eigenvalue weighted by molar-refractivity contribution is -0.137. The molecule has 3 atom stereocenters. The number of amides is 3. The summed E-state index contributed by atoms with van der Waals surface area (Å²) in [4.78, 5) is 26.8. The van der Waals surface area contributed by atoms with E-state index in [1.165, 1.54) is 29.2 Å². The van der Waals surface area contributed by atoms with Gasteiger partial charge < -0.3 is 10.3 Å². The van der Waals surface area contributed by atoms with Crippen molar-refractivity contribution in [3.05, 3.63) is 77.9 Å². The summed E-state index contributed by atoms with van der Waals surface area (Å²) < 4.78 is 52.8. The van der Waals surface area contributed by atoms with Gasteiger partial charge in [0.05, 0.1) is 23.3 Å². The van der Waals surface area contributed by atoms with Crippen molar-refractivity contribution < 1.29 is 27.2 Å². The zero-order valence-electron chi connectivity index (χ0n) is 17.6. The molecule has 2 aromatic rings. The number of fused-ring (bicyclic) bond motifs is 3. The predicted molar refractivity (Wildman–Crippen MR) is 113 cm³/mol. The minimum absolute atomic E-state index is 0.108. The van der Waals surface area contributed by atoms with Crippen LogP contribution in [-0.4, -0.2) is 45.6 Å². The van der Waals surface area contributed by atoms with E-state index in [1.807, 2.05) is 5.01 Å². The molecule has 3 heterocycles. The highest BCUT2D eigenvalue weighted by Crippen LogP contribution is 2.36. The number of alkyl halides is 3. The highest BCUT2D eigenvalue weighted by Gasteiger charge is 2.48. The zero-order valence-corrected chi connectivity index (χ0v) is 17.6. The van der Waals surface area contributed by atoms with Crippen molar-refractivity contribution in [2.24, 2.45) is 0 Å². The van der Waals surface area contributed by atoms with Gasteiger partial charge in [0.15, 0.2) is 0 Å². The van der Waals surface area contributed by atoms with Crippen LogP contribution in [0.5, 0.6) is 0 Å². The van der Waals surface area contributed by atoms with Gasteiger partial charge in [0.1, 0.15) is 18.5 Å². The van der Waals surface area contributed by atoms with Crippen molar-refractivity contribution in [1.29, 1.82) is 0 Å². The molecule has 3 aliphatic rings. The van der Waals surface area contributed by atoms with Gasteiger partial charge in [-0.3, -0.25) is 9.69 Å². The number of benzene rings is 2. The summed E-state index contributed by atoms with van der Waals surface area (Å²) in [5.74, 6) is -1.10. The Balaban J connectivity index is 1.26. The smallest absolute Gasteiger partial charge is 0.324 e.